The number of ketones is 1. The van der Waals surface area contributed by atoms with Crippen LogP contribution in [0.3, 0.4) is 0 Å². The van der Waals surface area contributed by atoms with Crippen molar-refractivity contribution in [3.63, 3.8) is 0 Å². The number of rotatable bonds is 3. The highest BCUT2D eigenvalue weighted by Gasteiger charge is 2.18. The Morgan fingerprint density at radius 3 is 2.47 bits per heavy atom. The van der Waals surface area contributed by atoms with Gasteiger partial charge in [-0.05, 0) is 12.1 Å². The summed E-state index contributed by atoms with van der Waals surface area (Å²) in [5, 5.41) is 16.3. The van der Waals surface area contributed by atoms with Crippen LogP contribution in [0.25, 0.3) is 38.8 Å². The summed E-state index contributed by atoms with van der Waals surface area (Å²) in [4.78, 5) is 23.9. The van der Waals surface area contributed by atoms with Crippen LogP contribution in [0.15, 0.2) is 82.1 Å². The van der Waals surface area contributed by atoms with Gasteiger partial charge in [-0.1, -0.05) is 54.6 Å². The first-order chi connectivity index (χ1) is 14.5. The maximum Gasteiger partial charge on any atom is 0.252 e. The number of furan rings is 1. The third-order valence-electron chi connectivity index (χ3n) is 5.08. The fourth-order valence-electron chi connectivity index (χ4n) is 3.69. The van der Waals surface area contributed by atoms with Crippen molar-refractivity contribution in [2.45, 2.75) is 6.92 Å². The van der Waals surface area contributed by atoms with Gasteiger partial charge in [-0.3, -0.25) is 9.59 Å². The molecule has 1 N–H and O–H groups in total. The molecule has 0 aliphatic carbocycles. The summed E-state index contributed by atoms with van der Waals surface area (Å²) in [5.41, 5.74) is 2.64. The third kappa shape index (κ3) is 2.69. The van der Waals surface area contributed by atoms with Gasteiger partial charge in [0.15, 0.2) is 17.2 Å². The van der Waals surface area contributed by atoms with Gasteiger partial charge in [0.2, 0.25) is 0 Å². The molecule has 146 valence electrons. The van der Waals surface area contributed by atoms with Gasteiger partial charge in [0.25, 0.3) is 5.43 Å². The van der Waals surface area contributed by atoms with Crippen LogP contribution in [0.2, 0.25) is 0 Å². The molecular weight excluding hydrogens is 380 g/mol. The second-order valence-electron chi connectivity index (χ2n) is 6.99. The lowest BCUT2D eigenvalue weighted by Gasteiger charge is -2.13. The first-order valence-electron chi connectivity index (χ1n) is 9.38. The monoisotopic (exact) mass is 396 g/mol. The normalized spacial score (nSPS) is 11.2. The van der Waals surface area contributed by atoms with E-state index in [0.29, 0.717) is 5.69 Å². The van der Waals surface area contributed by atoms with Crippen LogP contribution in [0, 0.1) is 0 Å². The number of carbonyl (C=O) groups excluding carboxylic acids is 1. The molecule has 6 nitrogen and oxygen atoms in total. The molecule has 2 heterocycles. The Kier molecular flexibility index (Phi) is 3.99. The molecular formula is C24H16N2O4. The first kappa shape index (κ1) is 17.9. The van der Waals surface area contributed by atoms with Crippen molar-refractivity contribution in [1.29, 1.82) is 0 Å². The average molecular weight is 396 g/mol. The van der Waals surface area contributed by atoms with Crippen molar-refractivity contribution >= 4 is 27.7 Å². The molecule has 0 saturated carbocycles. The van der Waals surface area contributed by atoms with Crippen molar-refractivity contribution in [2.75, 3.05) is 0 Å². The van der Waals surface area contributed by atoms with Crippen LogP contribution in [-0.2, 0) is 0 Å². The van der Waals surface area contributed by atoms with E-state index in [9.17, 15) is 14.7 Å². The standard InChI is InChI=1S/C24H16N2O4/c1-14(27)22-23(29)20(28)13-26(25-22)19-11-4-2-7-15(19)17-9-6-10-18-16-8-3-5-12-21(16)30-24(17)18/h2-13,28H,1H3. The molecule has 0 spiro atoms. The summed E-state index contributed by atoms with van der Waals surface area (Å²) in [6, 6.07) is 21.1. The van der Waals surface area contributed by atoms with Crippen LogP contribution in [-0.4, -0.2) is 20.7 Å². The van der Waals surface area contributed by atoms with Gasteiger partial charge < -0.3 is 9.52 Å². The molecule has 2 aromatic heterocycles. The van der Waals surface area contributed by atoms with Gasteiger partial charge in [0, 0.05) is 28.8 Å². The number of carbonyl (C=O) groups is 1. The van der Waals surface area contributed by atoms with Crippen molar-refractivity contribution in [1.82, 2.24) is 9.78 Å². The molecule has 0 amide bonds. The molecule has 0 aliphatic heterocycles. The second kappa shape index (κ2) is 6.70. The Labute approximate surface area is 170 Å². The van der Waals surface area contributed by atoms with Crippen LogP contribution >= 0.6 is 0 Å². The van der Waals surface area contributed by atoms with E-state index in [4.69, 9.17) is 4.42 Å². The summed E-state index contributed by atoms with van der Waals surface area (Å²) in [5.74, 6) is -1.05. The molecule has 0 bridgehead atoms. The van der Waals surface area contributed by atoms with E-state index in [0.717, 1.165) is 33.1 Å². The molecule has 5 rings (SSSR count). The SMILES string of the molecule is CC(=O)c1nn(-c2ccccc2-c2cccc3c2oc2ccccc23)cc(O)c1=O. The van der Waals surface area contributed by atoms with Crippen LogP contribution in [0.5, 0.6) is 5.75 Å². The van der Waals surface area contributed by atoms with Gasteiger partial charge in [-0.25, -0.2) is 4.68 Å². The number of hydrogen-bond acceptors (Lipinski definition) is 5. The van der Waals surface area contributed by atoms with Gasteiger partial charge in [0.1, 0.15) is 11.2 Å². The number of para-hydroxylation sites is 3. The van der Waals surface area contributed by atoms with Crippen molar-refractivity contribution in [3.05, 3.63) is 88.8 Å². The number of aromatic hydroxyl groups is 1. The molecule has 0 atom stereocenters. The molecule has 0 saturated heterocycles. The van der Waals surface area contributed by atoms with Gasteiger partial charge in [-0.15, -0.1) is 0 Å². The maximum atomic E-state index is 12.1. The number of Topliss-reactive ketones (excluding diaryl/α,β-unsaturated/α-hetero) is 1. The summed E-state index contributed by atoms with van der Waals surface area (Å²) in [6.45, 7) is 1.24. The summed E-state index contributed by atoms with van der Waals surface area (Å²) in [6.07, 6.45) is 1.21. The fourth-order valence-corrected chi connectivity index (χ4v) is 3.69. The summed E-state index contributed by atoms with van der Waals surface area (Å²) in [7, 11) is 0. The molecule has 0 unspecified atom stereocenters. The molecule has 30 heavy (non-hydrogen) atoms. The van der Waals surface area contributed by atoms with E-state index in [-0.39, 0.29) is 5.69 Å². The zero-order valence-electron chi connectivity index (χ0n) is 16.0. The Balaban J connectivity index is 1.80. The second-order valence-corrected chi connectivity index (χ2v) is 6.99. The van der Waals surface area contributed by atoms with E-state index < -0.39 is 17.0 Å². The van der Waals surface area contributed by atoms with Gasteiger partial charge >= 0.3 is 0 Å². The maximum absolute atomic E-state index is 12.1. The Hall–Kier alpha value is -4.19. The van der Waals surface area contributed by atoms with Crippen LogP contribution in [0.4, 0.5) is 0 Å². The molecule has 0 fully saturated rings. The number of nitrogens with zero attached hydrogens (tertiary/aromatic N) is 2. The van der Waals surface area contributed by atoms with E-state index in [1.54, 1.807) is 6.07 Å². The van der Waals surface area contributed by atoms with Gasteiger partial charge in [0.05, 0.1) is 11.9 Å². The number of fused-ring (bicyclic) bond motifs is 3. The van der Waals surface area contributed by atoms with E-state index >= 15 is 0 Å². The quantitative estimate of drug-likeness (QED) is 0.447. The first-order valence-corrected chi connectivity index (χ1v) is 9.38. The highest BCUT2D eigenvalue weighted by molar-refractivity contribution is 6.10. The average Bonchev–Trinajstić information content (AvgIpc) is 3.14. The predicted molar refractivity (Wildman–Crippen MR) is 114 cm³/mol. The lowest BCUT2D eigenvalue weighted by molar-refractivity contribution is 0.100. The molecule has 6 heteroatoms. The Morgan fingerprint density at radius 2 is 1.63 bits per heavy atom. The number of benzene rings is 3. The summed E-state index contributed by atoms with van der Waals surface area (Å²) >= 11 is 0. The zero-order valence-corrected chi connectivity index (χ0v) is 16.0. The van der Waals surface area contributed by atoms with Crippen molar-refractivity contribution < 1.29 is 14.3 Å². The fraction of sp³-hybridized carbons (Fsp3) is 0.0417. The van der Waals surface area contributed by atoms with Crippen molar-refractivity contribution in [3.8, 4) is 22.6 Å². The van der Waals surface area contributed by atoms with Crippen LogP contribution < -0.4 is 5.43 Å². The lowest BCUT2D eigenvalue weighted by atomic mass is 10.0. The minimum absolute atomic E-state index is 0.313. The number of hydrogen-bond donors (Lipinski definition) is 1. The molecule has 0 radical (unpaired) electrons. The van der Waals surface area contributed by atoms with E-state index in [2.05, 4.69) is 5.10 Å². The number of aromatic nitrogens is 2. The smallest absolute Gasteiger partial charge is 0.252 e. The van der Waals surface area contributed by atoms with Crippen LogP contribution in [0.1, 0.15) is 17.4 Å². The molecule has 0 aliphatic rings. The largest absolute Gasteiger partial charge is 0.503 e. The van der Waals surface area contributed by atoms with Crippen molar-refractivity contribution in [2.24, 2.45) is 0 Å². The predicted octanol–water partition coefficient (Wildman–Crippen LogP) is 4.71. The van der Waals surface area contributed by atoms with E-state index in [1.807, 2.05) is 60.7 Å². The minimum Gasteiger partial charge on any atom is -0.503 e. The molecule has 3 aromatic carbocycles. The van der Waals surface area contributed by atoms with E-state index in [1.165, 1.54) is 17.8 Å². The third-order valence-corrected chi connectivity index (χ3v) is 5.08. The highest BCUT2D eigenvalue weighted by Crippen LogP contribution is 2.37. The molecule has 5 aromatic rings. The Morgan fingerprint density at radius 1 is 0.933 bits per heavy atom. The minimum atomic E-state index is -0.782. The zero-order chi connectivity index (χ0) is 20.8. The summed E-state index contributed by atoms with van der Waals surface area (Å²) < 4.78 is 7.50. The lowest BCUT2D eigenvalue weighted by Crippen LogP contribution is -2.20. The highest BCUT2D eigenvalue weighted by atomic mass is 16.3. The Bertz CT molecular complexity index is 1510. The topological polar surface area (TPSA) is 85.3 Å². The van der Waals surface area contributed by atoms with Gasteiger partial charge in [-0.2, -0.15) is 5.10 Å².